The second kappa shape index (κ2) is 8.88. The number of rotatable bonds is 6. The predicted octanol–water partition coefficient (Wildman–Crippen LogP) is 3.50. The first-order valence-electron chi connectivity index (χ1n) is 9.21. The third-order valence-corrected chi connectivity index (χ3v) is 4.36. The molecule has 1 atom stereocenters. The van der Waals surface area contributed by atoms with E-state index in [9.17, 15) is 9.59 Å². The van der Waals surface area contributed by atoms with E-state index in [0.29, 0.717) is 32.6 Å². The molecule has 1 heterocycles. The Hall–Kier alpha value is -2.30. The molecule has 1 unspecified atom stereocenters. The third kappa shape index (κ3) is 5.90. The zero-order valence-electron chi connectivity index (χ0n) is 16.1. The number of amides is 2. The molecule has 1 aromatic carbocycles. The highest BCUT2D eigenvalue weighted by atomic mass is 16.6. The minimum absolute atomic E-state index is 0.0897. The van der Waals surface area contributed by atoms with Crippen LogP contribution in [0.3, 0.4) is 0 Å². The smallest absolute Gasteiger partial charge is 0.410 e. The van der Waals surface area contributed by atoms with Crippen LogP contribution < -0.4 is 0 Å². The number of hydrogen-bond donors (Lipinski definition) is 0. The molecule has 1 aliphatic heterocycles. The molecule has 1 fully saturated rings. The molecule has 0 spiro atoms. The molecule has 0 N–H and O–H groups in total. The van der Waals surface area contributed by atoms with E-state index in [1.807, 2.05) is 43.9 Å². The fourth-order valence-electron chi connectivity index (χ4n) is 3.07. The SMILES string of the molecule is C=CCN(CCc1ccccc1)C(=O)C1CCN(C(=O)OC(C)(C)C)C1. The monoisotopic (exact) mass is 358 g/mol. The van der Waals surface area contributed by atoms with Crippen molar-refractivity contribution in [3.63, 3.8) is 0 Å². The molecule has 2 amide bonds. The zero-order chi connectivity index (χ0) is 19.2. The van der Waals surface area contributed by atoms with Crippen molar-refractivity contribution in [2.45, 2.75) is 39.2 Å². The van der Waals surface area contributed by atoms with Crippen molar-refractivity contribution in [3.05, 3.63) is 48.6 Å². The van der Waals surface area contributed by atoms with Gasteiger partial charge in [0.15, 0.2) is 0 Å². The molecule has 5 nitrogen and oxygen atoms in total. The molecule has 0 aliphatic carbocycles. The zero-order valence-corrected chi connectivity index (χ0v) is 16.1. The van der Waals surface area contributed by atoms with Crippen molar-refractivity contribution in [2.24, 2.45) is 5.92 Å². The fraction of sp³-hybridized carbons (Fsp3) is 0.524. The summed E-state index contributed by atoms with van der Waals surface area (Å²) in [7, 11) is 0. The maximum Gasteiger partial charge on any atom is 0.410 e. The van der Waals surface area contributed by atoms with Gasteiger partial charge in [-0.1, -0.05) is 36.4 Å². The average Bonchev–Trinajstić information content (AvgIpc) is 3.08. The van der Waals surface area contributed by atoms with E-state index >= 15 is 0 Å². The Morgan fingerprint density at radius 3 is 2.62 bits per heavy atom. The van der Waals surface area contributed by atoms with Gasteiger partial charge in [-0.25, -0.2) is 4.79 Å². The number of ether oxygens (including phenoxy) is 1. The van der Waals surface area contributed by atoms with Crippen LogP contribution in [0.4, 0.5) is 4.79 Å². The second-order valence-electron chi connectivity index (χ2n) is 7.72. The van der Waals surface area contributed by atoms with Crippen LogP contribution in [0.5, 0.6) is 0 Å². The summed E-state index contributed by atoms with van der Waals surface area (Å²) < 4.78 is 5.41. The van der Waals surface area contributed by atoms with Gasteiger partial charge in [0.25, 0.3) is 0 Å². The molecule has 0 aromatic heterocycles. The number of benzene rings is 1. The molecule has 26 heavy (non-hydrogen) atoms. The number of nitrogens with zero attached hydrogens (tertiary/aromatic N) is 2. The van der Waals surface area contributed by atoms with Crippen LogP contribution in [0.15, 0.2) is 43.0 Å². The van der Waals surface area contributed by atoms with Crippen molar-refractivity contribution >= 4 is 12.0 Å². The number of hydrogen-bond acceptors (Lipinski definition) is 3. The molecule has 1 saturated heterocycles. The molecular formula is C21H30N2O3. The van der Waals surface area contributed by atoms with Crippen molar-refractivity contribution in [2.75, 3.05) is 26.2 Å². The van der Waals surface area contributed by atoms with Gasteiger partial charge < -0.3 is 14.5 Å². The Kier molecular flexibility index (Phi) is 6.83. The molecule has 1 aromatic rings. The lowest BCUT2D eigenvalue weighted by molar-refractivity contribution is -0.134. The first-order valence-corrected chi connectivity index (χ1v) is 9.21. The molecular weight excluding hydrogens is 328 g/mol. The van der Waals surface area contributed by atoms with Gasteiger partial charge in [0.2, 0.25) is 5.91 Å². The van der Waals surface area contributed by atoms with Gasteiger partial charge in [-0.05, 0) is 39.2 Å². The van der Waals surface area contributed by atoms with Gasteiger partial charge in [-0.3, -0.25) is 4.79 Å². The number of likely N-dealkylation sites (tertiary alicyclic amines) is 1. The van der Waals surface area contributed by atoms with Gasteiger partial charge in [-0.2, -0.15) is 0 Å². The molecule has 142 valence electrons. The quantitative estimate of drug-likeness (QED) is 0.731. The van der Waals surface area contributed by atoms with Crippen molar-refractivity contribution in [1.82, 2.24) is 9.80 Å². The third-order valence-electron chi connectivity index (χ3n) is 4.36. The summed E-state index contributed by atoms with van der Waals surface area (Å²) >= 11 is 0. The first-order chi connectivity index (χ1) is 12.3. The van der Waals surface area contributed by atoms with E-state index in [1.165, 1.54) is 5.56 Å². The molecule has 0 saturated carbocycles. The van der Waals surface area contributed by atoms with Crippen LogP contribution in [-0.4, -0.2) is 53.6 Å². The average molecular weight is 358 g/mol. The second-order valence-corrected chi connectivity index (χ2v) is 7.72. The Bertz CT molecular complexity index is 622. The van der Waals surface area contributed by atoms with Gasteiger partial charge in [0, 0.05) is 26.2 Å². The van der Waals surface area contributed by atoms with E-state index in [0.717, 1.165) is 6.42 Å². The maximum atomic E-state index is 12.9. The lowest BCUT2D eigenvalue weighted by atomic mass is 10.1. The minimum atomic E-state index is -0.524. The van der Waals surface area contributed by atoms with Crippen LogP contribution in [0.25, 0.3) is 0 Å². The lowest BCUT2D eigenvalue weighted by Crippen LogP contribution is -2.40. The number of carbonyl (C=O) groups excluding carboxylic acids is 2. The summed E-state index contributed by atoms with van der Waals surface area (Å²) in [5.41, 5.74) is 0.681. The highest BCUT2D eigenvalue weighted by molar-refractivity contribution is 5.81. The van der Waals surface area contributed by atoms with Gasteiger partial charge >= 0.3 is 6.09 Å². The van der Waals surface area contributed by atoms with E-state index in [1.54, 1.807) is 11.0 Å². The van der Waals surface area contributed by atoms with E-state index in [2.05, 4.69) is 18.7 Å². The van der Waals surface area contributed by atoms with Crippen LogP contribution in [0.2, 0.25) is 0 Å². The highest BCUT2D eigenvalue weighted by Crippen LogP contribution is 2.21. The minimum Gasteiger partial charge on any atom is -0.444 e. The Labute approximate surface area is 156 Å². The first kappa shape index (κ1) is 20.0. The van der Waals surface area contributed by atoms with Crippen LogP contribution in [-0.2, 0) is 16.0 Å². The van der Waals surface area contributed by atoms with Crippen LogP contribution in [0.1, 0.15) is 32.8 Å². The summed E-state index contributed by atoms with van der Waals surface area (Å²) in [6, 6.07) is 10.1. The summed E-state index contributed by atoms with van der Waals surface area (Å²) in [5, 5.41) is 0. The van der Waals surface area contributed by atoms with Gasteiger partial charge in [0.1, 0.15) is 5.60 Å². The normalized spacial score (nSPS) is 17.0. The van der Waals surface area contributed by atoms with E-state index in [-0.39, 0.29) is 17.9 Å². The van der Waals surface area contributed by atoms with Gasteiger partial charge in [0.05, 0.1) is 5.92 Å². The summed E-state index contributed by atoms with van der Waals surface area (Å²) in [6.07, 6.45) is 2.90. The summed E-state index contributed by atoms with van der Waals surface area (Å²) in [5.74, 6) is -0.0786. The van der Waals surface area contributed by atoms with Crippen LogP contribution >= 0.6 is 0 Å². The summed E-state index contributed by atoms with van der Waals surface area (Å²) in [4.78, 5) is 28.6. The van der Waals surface area contributed by atoms with Crippen molar-refractivity contribution < 1.29 is 14.3 Å². The van der Waals surface area contributed by atoms with Crippen molar-refractivity contribution in [1.29, 1.82) is 0 Å². The summed E-state index contributed by atoms with van der Waals surface area (Å²) in [6.45, 7) is 11.5. The molecule has 0 bridgehead atoms. The van der Waals surface area contributed by atoms with Crippen molar-refractivity contribution in [3.8, 4) is 0 Å². The van der Waals surface area contributed by atoms with Crippen LogP contribution in [0, 0.1) is 5.92 Å². The predicted molar refractivity (Wildman–Crippen MR) is 103 cm³/mol. The standard InChI is InChI=1S/C21H30N2O3/c1-5-13-22(14-11-17-9-7-6-8-10-17)19(24)18-12-15-23(16-18)20(25)26-21(2,3)4/h5-10,18H,1,11-16H2,2-4H3. The topological polar surface area (TPSA) is 49.9 Å². The Morgan fingerprint density at radius 2 is 2.00 bits per heavy atom. The highest BCUT2D eigenvalue weighted by Gasteiger charge is 2.35. The molecule has 5 heteroatoms. The molecule has 1 aliphatic rings. The fourth-order valence-corrected chi connectivity index (χ4v) is 3.07. The van der Waals surface area contributed by atoms with E-state index in [4.69, 9.17) is 4.74 Å². The molecule has 2 rings (SSSR count). The Morgan fingerprint density at radius 1 is 1.31 bits per heavy atom. The lowest BCUT2D eigenvalue weighted by Gasteiger charge is -2.26. The maximum absolute atomic E-state index is 12.9. The Balaban J connectivity index is 1.92. The largest absolute Gasteiger partial charge is 0.444 e. The molecule has 0 radical (unpaired) electrons. The number of carbonyl (C=O) groups is 2. The van der Waals surface area contributed by atoms with E-state index < -0.39 is 5.60 Å². The van der Waals surface area contributed by atoms with Gasteiger partial charge in [-0.15, -0.1) is 6.58 Å².